The number of hydrogen-bond acceptors (Lipinski definition) is 4. The third-order valence-electron chi connectivity index (χ3n) is 3.41. The lowest BCUT2D eigenvalue weighted by Crippen LogP contribution is -2.26. The van der Waals surface area contributed by atoms with E-state index in [9.17, 15) is 22.8 Å². The molecule has 0 saturated carbocycles. The average Bonchev–Trinajstić information content (AvgIpc) is 2.58. The number of aromatic nitrogens is 3. The second-order valence-corrected chi connectivity index (χ2v) is 5.40. The zero-order chi connectivity index (χ0) is 19.2. The fourth-order valence-corrected chi connectivity index (χ4v) is 2.16. The molecule has 0 spiro atoms. The van der Waals surface area contributed by atoms with Crippen molar-refractivity contribution in [1.29, 1.82) is 0 Å². The molecule has 0 atom stereocenters. The summed E-state index contributed by atoms with van der Waals surface area (Å²) in [6, 6.07) is 4.74. The van der Waals surface area contributed by atoms with Crippen LogP contribution in [-0.2, 0) is 23.8 Å². The van der Waals surface area contributed by atoms with Crippen molar-refractivity contribution in [2.75, 3.05) is 6.54 Å². The van der Waals surface area contributed by atoms with Crippen LogP contribution < -0.4 is 10.9 Å². The molecule has 0 aliphatic rings. The van der Waals surface area contributed by atoms with Gasteiger partial charge in [0.2, 0.25) is 5.91 Å². The minimum absolute atomic E-state index is 0.00487. The third-order valence-corrected chi connectivity index (χ3v) is 3.41. The second-order valence-electron chi connectivity index (χ2n) is 5.40. The van der Waals surface area contributed by atoms with E-state index in [1.165, 1.54) is 12.1 Å². The molecule has 1 aromatic heterocycles. The van der Waals surface area contributed by atoms with Crippen molar-refractivity contribution in [3.05, 3.63) is 57.3 Å². The van der Waals surface area contributed by atoms with Crippen LogP contribution in [0.15, 0.2) is 29.1 Å². The highest BCUT2D eigenvalue weighted by molar-refractivity contribution is 5.76. The van der Waals surface area contributed by atoms with Gasteiger partial charge in [-0.05, 0) is 11.6 Å². The molecule has 136 valence electrons. The molecule has 26 heavy (non-hydrogen) atoms. The first kappa shape index (κ1) is 19.2. The van der Waals surface area contributed by atoms with Gasteiger partial charge in [0.15, 0.2) is 0 Å². The van der Waals surface area contributed by atoms with E-state index in [1.807, 2.05) is 0 Å². The number of amides is 1. The molecule has 0 unspecified atom stereocenters. The Morgan fingerprint density at radius 1 is 1.31 bits per heavy atom. The number of carbonyl (C=O) groups is 1. The molecule has 0 bridgehead atoms. The highest BCUT2D eigenvalue weighted by Gasteiger charge is 2.30. The minimum Gasteiger partial charge on any atom is -0.345 e. The van der Waals surface area contributed by atoms with E-state index in [4.69, 9.17) is 6.42 Å². The molecule has 1 amide bonds. The van der Waals surface area contributed by atoms with Gasteiger partial charge in [-0.2, -0.15) is 13.2 Å². The van der Waals surface area contributed by atoms with Gasteiger partial charge in [0.25, 0.3) is 5.56 Å². The number of nitrogens with zero attached hydrogens (tertiary/aromatic N) is 2. The molecule has 6 nitrogen and oxygen atoms in total. The van der Waals surface area contributed by atoms with Gasteiger partial charge < -0.3 is 10.3 Å². The van der Waals surface area contributed by atoms with Crippen LogP contribution >= 0.6 is 0 Å². The van der Waals surface area contributed by atoms with E-state index < -0.39 is 17.3 Å². The standard InChI is InChI=1S/C17H15F3N4O2/c1-2-8-21-15(25)7-6-13-16(26)22-14(24-23-13)10-11-4-3-5-12(9-11)17(18,19)20/h1,3-5,9H,6-8,10H2,(H,21,25)(H,22,24,26). The zero-order valence-corrected chi connectivity index (χ0v) is 13.6. The Kier molecular flexibility index (Phi) is 6.11. The van der Waals surface area contributed by atoms with E-state index in [2.05, 4.69) is 26.4 Å². The number of carbonyl (C=O) groups excluding carboxylic acids is 1. The van der Waals surface area contributed by atoms with Gasteiger partial charge in [-0.25, -0.2) is 0 Å². The summed E-state index contributed by atoms with van der Waals surface area (Å²) in [5, 5.41) is 10.0. The van der Waals surface area contributed by atoms with Gasteiger partial charge >= 0.3 is 6.18 Å². The Bertz CT molecular complexity index is 885. The van der Waals surface area contributed by atoms with Gasteiger partial charge in [-0.3, -0.25) is 9.59 Å². The maximum atomic E-state index is 12.7. The molecule has 0 aliphatic carbocycles. The summed E-state index contributed by atoms with van der Waals surface area (Å²) in [5.74, 6) is 2.07. The maximum Gasteiger partial charge on any atom is 0.416 e. The predicted molar refractivity (Wildman–Crippen MR) is 87.1 cm³/mol. The smallest absolute Gasteiger partial charge is 0.345 e. The van der Waals surface area contributed by atoms with Crippen LogP contribution in [0.1, 0.15) is 29.1 Å². The van der Waals surface area contributed by atoms with E-state index in [0.29, 0.717) is 5.56 Å². The molecule has 0 radical (unpaired) electrons. The number of rotatable bonds is 6. The molecule has 0 fully saturated rings. The summed E-state index contributed by atoms with van der Waals surface area (Å²) < 4.78 is 38.2. The lowest BCUT2D eigenvalue weighted by Gasteiger charge is -2.08. The first-order chi connectivity index (χ1) is 12.3. The fourth-order valence-electron chi connectivity index (χ4n) is 2.16. The van der Waals surface area contributed by atoms with Crippen molar-refractivity contribution in [3.63, 3.8) is 0 Å². The lowest BCUT2D eigenvalue weighted by molar-refractivity contribution is -0.137. The molecular weight excluding hydrogens is 349 g/mol. The van der Waals surface area contributed by atoms with Gasteiger partial charge in [-0.15, -0.1) is 16.6 Å². The predicted octanol–water partition coefficient (Wildman–Crippen LogP) is 1.46. The molecular formula is C17H15F3N4O2. The number of H-pyrrole nitrogens is 1. The zero-order valence-electron chi connectivity index (χ0n) is 13.6. The van der Waals surface area contributed by atoms with Crippen molar-refractivity contribution < 1.29 is 18.0 Å². The molecule has 2 N–H and O–H groups in total. The summed E-state index contributed by atoms with van der Waals surface area (Å²) >= 11 is 0. The molecule has 1 aromatic carbocycles. The second kappa shape index (κ2) is 8.29. The van der Waals surface area contributed by atoms with Crippen LogP contribution in [0.4, 0.5) is 13.2 Å². The largest absolute Gasteiger partial charge is 0.416 e. The number of aryl methyl sites for hydroxylation is 1. The fraction of sp³-hybridized carbons (Fsp3) is 0.294. The van der Waals surface area contributed by atoms with Crippen LogP contribution in [-0.4, -0.2) is 27.6 Å². The van der Waals surface area contributed by atoms with Crippen molar-refractivity contribution in [1.82, 2.24) is 20.5 Å². The molecule has 2 rings (SSSR count). The summed E-state index contributed by atoms with van der Waals surface area (Å²) in [6.07, 6.45) is 0.659. The maximum absolute atomic E-state index is 12.7. The number of terminal acetylenes is 1. The SMILES string of the molecule is C#CCNC(=O)CCc1nnc(Cc2cccc(C(F)(F)F)c2)[nH]c1=O. The summed E-state index contributed by atoms with van der Waals surface area (Å²) in [7, 11) is 0. The number of alkyl halides is 3. The summed E-state index contributed by atoms with van der Waals surface area (Å²) in [5.41, 5.74) is -0.911. The van der Waals surface area contributed by atoms with Crippen LogP contribution in [0.3, 0.4) is 0 Å². The van der Waals surface area contributed by atoms with Crippen LogP contribution in [0.5, 0.6) is 0 Å². The molecule has 0 saturated heterocycles. The molecule has 9 heteroatoms. The highest BCUT2D eigenvalue weighted by Crippen LogP contribution is 2.29. The Balaban J connectivity index is 2.05. The monoisotopic (exact) mass is 364 g/mol. The topological polar surface area (TPSA) is 87.7 Å². The van der Waals surface area contributed by atoms with Crippen molar-refractivity contribution >= 4 is 5.91 Å². The normalized spacial score (nSPS) is 11.0. The first-order valence-corrected chi connectivity index (χ1v) is 7.60. The van der Waals surface area contributed by atoms with Crippen LogP contribution in [0, 0.1) is 12.3 Å². The Hall–Kier alpha value is -3.15. The van der Waals surface area contributed by atoms with Crippen molar-refractivity contribution in [2.24, 2.45) is 0 Å². The van der Waals surface area contributed by atoms with Gasteiger partial charge in [0.1, 0.15) is 11.5 Å². The number of benzene rings is 1. The summed E-state index contributed by atoms with van der Waals surface area (Å²) in [4.78, 5) is 25.9. The lowest BCUT2D eigenvalue weighted by atomic mass is 10.1. The summed E-state index contributed by atoms with van der Waals surface area (Å²) in [6.45, 7) is 0.0940. The number of aromatic amines is 1. The van der Waals surface area contributed by atoms with Gasteiger partial charge in [0, 0.05) is 19.3 Å². The van der Waals surface area contributed by atoms with E-state index >= 15 is 0 Å². The van der Waals surface area contributed by atoms with Gasteiger partial charge in [-0.1, -0.05) is 24.1 Å². The van der Waals surface area contributed by atoms with E-state index in [-0.39, 0.29) is 43.2 Å². The number of halogens is 3. The Morgan fingerprint density at radius 3 is 2.73 bits per heavy atom. The van der Waals surface area contributed by atoms with Gasteiger partial charge in [0.05, 0.1) is 12.1 Å². The van der Waals surface area contributed by atoms with Crippen LogP contribution in [0.2, 0.25) is 0 Å². The highest BCUT2D eigenvalue weighted by atomic mass is 19.4. The number of hydrogen-bond donors (Lipinski definition) is 2. The molecule has 2 aromatic rings. The van der Waals surface area contributed by atoms with Crippen molar-refractivity contribution in [3.8, 4) is 12.3 Å². The average molecular weight is 364 g/mol. The molecule has 0 aliphatic heterocycles. The van der Waals surface area contributed by atoms with E-state index in [1.54, 1.807) is 0 Å². The third kappa shape index (κ3) is 5.44. The van der Waals surface area contributed by atoms with Crippen molar-refractivity contribution in [2.45, 2.75) is 25.4 Å². The Morgan fingerprint density at radius 2 is 2.08 bits per heavy atom. The van der Waals surface area contributed by atoms with Crippen LogP contribution in [0.25, 0.3) is 0 Å². The first-order valence-electron chi connectivity index (χ1n) is 7.60. The number of nitrogens with one attached hydrogen (secondary N) is 2. The molecule has 1 heterocycles. The quantitative estimate of drug-likeness (QED) is 0.760. The Labute approximate surface area is 146 Å². The minimum atomic E-state index is -4.45. The van der Waals surface area contributed by atoms with E-state index in [0.717, 1.165) is 12.1 Å².